The van der Waals surface area contributed by atoms with Gasteiger partial charge in [-0.3, -0.25) is 0 Å². The van der Waals surface area contributed by atoms with Crippen molar-refractivity contribution in [3.05, 3.63) is 34.3 Å². The Bertz CT molecular complexity index is 499. The molecule has 1 unspecified atom stereocenters. The van der Waals surface area contributed by atoms with Gasteiger partial charge in [0.15, 0.2) is 0 Å². The first-order chi connectivity index (χ1) is 8.90. The van der Waals surface area contributed by atoms with Crippen LogP contribution in [0.2, 0.25) is 0 Å². The number of aliphatic carboxylic acids is 1. The van der Waals surface area contributed by atoms with Gasteiger partial charge in [-0.25, -0.2) is 4.79 Å². The summed E-state index contributed by atoms with van der Waals surface area (Å²) in [7, 11) is 0. The van der Waals surface area contributed by atoms with Crippen molar-refractivity contribution in [2.45, 2.75) is 32.0 Å². The minimum absolute atomic E-state index is 0.130. The first-order valence-corrected chi connectivity index (χ1v) is 6.54. The number of rotatable bonds is 4. The Hall–Kier alpha value is -1.08. The van der Waals surface area contributed by atoms with Crippen LogP contribution >= 0.6 is 15.9 Å². The molecule has 3 N–H and O–H groups in total. The van der Waals surface area contributed by atoms with Gasteiger partial charge in [-0.05, 0) is 24.1 Å². The number of hydrogen-bond donors (Lipinski definition) is 2. The highest BCUT2D eigenvalue weighted by Gasteiger charge is 2.53. The lowest BCUT2D eigenvalue weighted by atomic mass is 9.75. The number of hydrogen-bond acceptors (Lipinski definition) is 2. The Labute approximate surface area is 123 Å². The number of carboxylic acids is 1. The zero-order valence-electron chi connectivity index (χ0n) is 11.0. The van der Waals surface area contributed by atoms with E-state index in [1.54, 1.807) is 12.1 Å². The number of alkyl halides is 3. The number of benzene rings is 1. The molecule has 0 aromatic heterocycles. The van der Waals surface area contributed by atoms with Crippen molar-refractivity contribution >= 4 is 21.9 Å². The van der Waals surface area contributed by atoms with E-state index in [1.165, 1.54) is 12.1 Å². The number of halogens is 4. The van der Waals surface area contributed by atoms with E-state index in [9.17, 15) is 23.1 Å². The van der Waals surface area contributed by atoms with Gasteiger partial charge in [0.05, 0.1) is 5.41 Å². The zero-order chi connectivity index (χ0) is 15.8. The van der Waals surface area contributed by atoms with Crippen LogP contribution in [-0.4, -0.2) is 17.3 Å². The van der Waals surface area contributed by atoms with Gasteiger partial charge in [-0.15, -0.1) is 0 Å². The van der Waals surface area contributed by atoms with E-state index in [1.807, 2.05) is 0 Å². The minimum Gasteiger partial charge on any atom is -0.480 e. The van der Waals surface area contributed by atoms with E-state index < -0.39 is 29.5 Å². The summed E-state index contributed by atoms with van der Waals surface area (Å²) in [6, 6.07) is 5.90. The first kappa shape index (κ1) is 17.0. The molecule has 0 aliphatic carbocycles. The molecule has 20 heavy (non-hydrogen) atoms. The van der Waals surface area contributed by atoms with Crippen LogP contribution in [0, 0.1) is 5.41 Å². The highest BCUT2D eigenvalue weighted by atomic mass is 79.9. The van der Waals surface area contributed by atoms with Crippen molar-refractivity contribution in [1.29, 1.82) is 0 Å². The molecule has 0 spiro atoms. The molecule has 0 heterocycles. The molecule has 0 aliphatic rings. The van der Waals surface area contributed by atoms with Crippen molar-refractivity contribution in [1.82, 2.24) is 0 Å². The number of carbonyl (C=O) groups is 1. The number of nitrogens with two attached hydrogens (primary N) is 1. The van der Waals surface area contributed by atoms with E-state index in [-0.39, 0.29) is 5.56 Å². The topological polar surface area (TPSA) is 63.3 Å². The van der Waals surface area contributed by atoms with E-state index in [0.717, 1.165) is 13.8 Å². The molecular weight excluding hydrogens is 339 g/mol. The third kappa shape index (κ3) is 3.32. The minimum atomic E-state index is -4.54. The van der Waals surface area contributed by atoms with Gasteiger partial charge < -0.3 is 10.8 Å². The monoisotopic (exact) mass is 353 g/mol. The summed E-state index contributed by atoms with van der Waals surface area (Å²) >= 11 is 3.17. The molecule has 0 fully saturated rings. The molecular formula is C13H15BrF3NO2. The van der Waals surface area contributed by atoms with Gasteiger partial charge in [0.1, 0.15) is 5.54 Å². The fraction of sp³-hybridized carbons (Fsp3) is 0.462. The summed E-state index contributed by atoms with van der Waals surface area (Å²) in [4.78, 5) is 11.4. The van der Waals surface area contributed by atoms with E-state index in [4.69, 9.17) is 5.73 Å². The van der Waals surface area contributed by atoms with Crippen LogP contribution in [-0.2, 0) is 10.3 Å². The van der Waals surface area contributed by atoms with Crippen LogP contribution in [0.25, 0.3) is 0 Å². The lowest BCUT2D eigenvalue weighted by molar-refractivity contribution is -0.219. The summed E-state index contributed by atoms with van der Waals surface area (Å²) in [6.45, 7) is 1.88. The summed E-state index contributed by atoms with van der Waals surface area (Å²) in [5, 5.41) is 9.28. The Balaban J connectivity index is 3.24. The molecule has 1 atom stereocenters. The van der Waals surface area contributed by atoms with Crippen LogP contribution in [0.1, 0.15) is 25.8 Å². The highest BCUT2D eigenvalue weighted by molar-refractivity contribution is 9.10. The second kappa shape index (κ2) is 5.37. The van der Waals surface area contributed by atoms with Crippen LogP contribution in [0.3, 0.4) is 0 Å². The number of carboxylic acid groups (broad SMARTS) is 1. The van der Waals surface area contributed by atoms with Crippen molar-refractivity contribution in [3.8, 4) is 0 Å². The maximum Gasteiger partial charge on any atom is 0.394 e. The zero-order valence-corrected chi connectivity index (χ0v) is 12.5. The average molecular weight is 354 g/mol. The predicted octanol–water partition coefficient (Wildman–Crippen LogP) is 3.67. The predicted molar refractivity (Wildman–Crippen MR) is 72.1 cm³/mol. The second-order valence-electron chi connectivity index (χ2n) is 5.34. The van der Waals surface area contributed by atoms with Crippen LogP contribution < -0.4 is 5.73 Å². The van der Waals surface area contributed by atoms with Gasteiger partial charge in [0.25, 0.3) is 0 Å². The average Bonchev–Trinajstić information content (AvgIpc) is 2.27. The summed E-state index contributed by atoms with van der Waals surface area (Å²) in [5.74, 6) is -1.49. The van der Waals surface area contributed by atoms with Gasteiger partial charge in [0.2, 0.25) is 0 Å². The molecule has 0 amide bonds. The molecule has 0 radical (unpaired) electrons. The molecule has 0 bridgehead atoms. The summed E-state index contributed by atoms with van der Waals surface area (Å²) in [6.07, 6.45) is -5.29. The smallest absolute Gasteiger partial charge is 0.394 e. The Kier molecular flexibility index (Phi) is 4.55. The molecule has 7 heteroatoms. The van der Waals surface area contributed by atoms with E-state index in [2.05, 4.69) is 15.9 Å². The molecule has 0 saturated heterocycles. The molecule has 1 rings (SSSR count). The standard InChI is InChI=1S/C13H15BrF3NO2/c1-11(2,13(15,16)17)7-12(18,10(19)20)8-3-5-9(14)6-4-8/h3-6H,7,18H2,1-2H3,(H,19,20). The molecule has 0 saturated carbocycles. The highest BCUT2D eigenvalue weighted by Crippen LogP contribution is 2.45. The van der Waals surface area contributed by atoms with E-state index >= 15 is 0 Å². The second-order valence-corrected chi connectivity index (χ2v) is 6.26. The van der Waals surface area contributed by atoms with Crippen molar-refractivity contribution in [3.63, 3.8) is 0 Å². The lowest BCUT2D eigenvalue weighted by Gasteiger charge is -2.36. The maximum atomic E-state index is 13.0. The van der Waals surface area contributed by atoms with Crippen molar-refractivity contribution < 1.29 is 23.1 Å². The summed E-state index contributed by atoms with van der Waals surface area (Å²) in [5.41, 5.74) is 1.60. The van der Waals surface area contributed by atoms with Gasteiger partial charge in [-0.1, -0.05) is 41.9 Å². The normalized spacial score (nSPS) is 15.8. The maximum absolute atomic E-state index is 13.0. The van der Waals surface area contributed by atoms with Gasteiger partial charge >= 0.3 is 12.1 Å². The Morgan fingerprint density at radius 3 is 2.05 bits per heavy atom. The first-order valence-electron chi connectivity index (χ1n) is 5.75. The van der Waals surface area contributed by atoms with Crippen molar-refractivity contribution in [2.24, 2.45) is 11.1 Å². The molecule has 3 nitrogen and oxygen atoms in total. The Morgan fingerprint density at radius 1 is 1.25 bits per heavy atom. The quantitative estimate of drug-likeness (QED) is 0.867. The third-order valence-corrected chi connectivity index (χ3v) is 3.76. The van der Waals surface area contributed by atoms with Crippen LogP contribution in [0.5, 0.6) is 0 Å². The fourth-order valence-corrected chi connectivity index (χ4v) is 2.11. The molecule has 1 aromatic carbocycles. The fourth-order valence-electron chi connectivity index (χ4n) is 1.85. The van der Waals surface area contributed by atoms with E-state index in [0.29, 0.717) is 4.47 Å². The SMILES string of the molecule is CC(C)(CC(N)(C(=O)O)c1ccc(Br)cc1)C(F)(F)F. The van der Waals surface area contributed by atoms with Crippen molar-refractivity contribution in [2.75, 3.05) is 0 Å². The molecule has 112 valence electrons. The lowest BCUT2D eigenvalue weighted by Crippen LogP contribution is -2.51. The van der Waals surface area contributed by atoms with Gasteiger partial charge in [-0.2, -0.15) is 13.2 Å². The van der Waals surface area contributed by atoms with Gasteiger partial charge in [0, 0.05) is 4.47 Å². The molecule has 0 aliphatic heterocycles. The van der Waals surface area contributed by atoms with Crippen LogP contribution in [0.15, 0.2) is 28.7 Å². The molecule has 1 aromatic rings. The third-order valence-electron chi connectivity index (χ3n) is 3.23. The van der Waals surface area contributed by atoms with Crippen LogP contribution in [0.4, 0.5) is 13.2 Å². The largest absolute Gasteiger partial charge is 0.480 e. The Morgan fingerprint density at radius 2 is 1.70 bits per heavy atom. The summed E-state index contributed by atoms with van der Waals surface area (Å²) < 4.78 is 39.5.